The maximum absolute atomic E-state index is 12.6. The van der Waals surface area contributed by atoms with Gasteiger partial charge in [0.05, 0.1) is 0 Å². The number of rotatable bonds is 5. The Kier molecular flexibility index (Phi) is 5.13. The molecule has 2 heterocycles. The smallest absolute Gasteiger partial charge is 0.220 e. The van der Waals surface area contributed by atoms with Crippen LogP contribution in [0.15, 0.2) is 48.8 Å². The lowest BCUT2D eigenvalue weighted by Crippen LogP contribution is -2.41. The molecule has 2 fully saturated rings. The highest BCUT2D eigenvalue weighted by atomic mass is 16.1. The van der Waals surface area contributed by atoms with Gasteiger partial charge >= 0.3 is 0 Å². The maximum Gasteiger partial charge on any atom is 0.220 e. The van der Waals surface area contributed by atoms with E-state index in [2.05, 4.69) is 51.6 Å². The summed E-state index contributed by atoms with van der Waals surface area (Å²) >= 11 is 0. The van der Waals surface area contributed by atoms with Gasteiger partial charge in [-0.1, -0.05) is 24.3 Å². The van der Waals surface area contributed by atoms with Crippen LogP contribution in [-0.4, -0.2) is 34.9 Å². The fourth-order valence-corrected chi connectivity index (χ4v) is 5.63. The minimum atomic E-state index is 0.252. The quantitative estimate of drug-likeness (QED) is 0.835. The second kappa shape index (κ2) is 7.91. The predicted octanol–water partition coefficient (Wildman–Crippen LogP) is 4.16. The van der Waals surface area contributed by atoms with Crippen LogP contribution in [0.25, 0.3) is 0 Å². The van der Waals surface area contributed by atoms with E-state index in [4.69, 9.17) is 0 Å². The Hall–Kier alpha value is -2.20. The standard InChI is InChI=1S/C25H31N3O/c29-24(27-21-4-3-5-21)16-20-17-25(23-7-2-1-6-22(20)23)10-14-28(15-11-25)18-19-8-12-26-13-9-19/h1-2,6-9,12-13,20-21H,3-5,10-11,14-18H2,(H,27,29). The molecule has 1 spiro atoms. The van der Waals surface area contributed by atoms with Crippen molar-refractivity contribution in [1.29, 1.82) is 0 Å². The van der Waals surface area contributed by atoms with Crippen molar-refractivity contribution < 1.29 is 4.79 Å². The normalized spacial score (nSPS) is 23.5. The first-order valence-electron chi connectivity index (χ1n) is 11.2. The highest BCUT2D eigenvalue weighted by Gasteiger charge is 2.45. The summed E-state index contributed by atoms with van der Waals surface area (Å²) in [5.74, 6) is 0.625. The molecule has 1 saturated heterocycles. The van der Waals surface area contributed by atoms with E-state index in [0.29, 0.717) is 18.4 Å². The van der Waals surface area contributed by atoms with Gasteiger partial charge in [0.25, 0.3) is 0 Å². The van der Waals surface area contributed by atoms with Crippen molar-refractivity contribution in [2.75, 3.05) is 13.1 Å². The SMILES string of the molecule is O=C(CC1CC2(CCN(Cc3ccncc3)CC2)c2ccccc21)NC1CCC1. The fourth-order valence-electron chi connectivity index (χ4n) is 5.63. The van der Waals surface area contributed by atoms with E-state index in [1.165, 1.54) is 36.0 Å². The number of fused-ring (bicyclic) bond motifs is 2. The Balaban J connectivity index is 1.26. The molecule has 2 aromatic rings. The number of likely N-dealkylation sites (tertiary alicyclic amines) is 1. The van der Waals surface area contributed by atoms with Gasteiger partial charge in [-0.2, -0.15) is 0 Å². The van der Waals surface area contributed by atoms with Gasteiger partial charge < -0.3 is 5.32 Å². The Bertz CT molecular complexity index is 853. The van der Waals surface area contributed by atoms with Gasteiger partial charge in [-0.3, -0.25) is 14.7 Å². The molecule has 4 nitrogen and oxygen atoms in total. The summed E-state index contributed by atoms with van der Waals surface area (Å²) in [5.41, 5.74) is 4.55. The molecule has 1 N–H and O–H groups in total. The van der Waals surface area contributed by atoms with Crippen LogP contribution >= 0.6 is 0 Å². The molecule has 1 aliphatic heterocycles. The number of hydrogen-bond donors (Lipinski definition) is 1. The molecule has 1 aromatic carbocycles. The number of carbonyl (C=O) groups excluding carboxylic acids is 1. The van der Waals surface area contributed by atoms with Gasteiger partial charge in [-0.25, -0.2) is 0 Å². The molecule has 1 amide bonds. The van der Waals surface area contributed by atoms with Crippen LogP contribution in [0, 0.1) is 0 Å². The van der Waals surface area contributed by atoms with Crippen LogP contribution in [0.5, 0.6) is 0 Å². The second-order valence-electron chi connectivity index (χ2n) is 9.30. The van der Waals surface area contributed by atoms with E-state index < -0.39 is 0 Å². The third-order valence-corrected chi connectivity index (χ3v) is 7.48. The van der Waals surface area contributed by atoms with Crippen LogP contribution < -0.4 is 5.32 Å². The summed E-state index contributed by atoms with van der Waals surface area (Å²) in [6, 6.07) is 13.6. The summed E-state index contributed by atoms with van der Waals surface area (Å²) in [6.45, 7) is 3.25. The average Bonchev–Trinajstić information content (AvgIpc) is 3.01. The van der Waals surface area contributed by atoms with Crippen LogP contribution in [0.1, 0.15) is 67.6 Å². The zero-order valence-corrected chi connectivity index (χ0v) is 17.1. The maximum atomic E-state index is 12.6. The average molecular weight is 390 g/mol. The third-order valence-electron chi connectivity index (χ3n) is 7.48. The largest absolute Gasteiger partial charge is 0.353 e. The number of piperidine rings is 1. The van der Waals surface area contributed by atoms with Crippen LogP contribution in [0.2, 0.25) is 0 Å². The Morgan fingerprint density at radius 3 is 2.59 bits per heavy atom. The van der Waals surface area contributed by atoms with Crippen molar-refractivity contribution in [2.45, 2.75) is 68.9 Å². The Morgan fingerprint density at radius 2 is 1.86 bits per heavy atom. The number of carbonyl (C=O) groups is 1. The highest BCUT2D eigenvalue weighted by molar-refractivity contribution is 5.77. The van der Waals surface area contributed by atoms with E-state index in [9.17, 15) is 4.79 Å². The second-order valence-corrected chi connectivity index (χ2v) is 9.30. The fraction of sp³-hybridized carbons (Fsp3) is 0.520. The zero-order chi connectivity index (χ0) is 19.7. The van der Waals surface area contributed by atoms with Gasteiger partial charge in [-0.05, 0) is 91.8 Å². The lowest BCUT2D eigenvalue weighted by Gasteiger charge is -2.40. The number of hydrogen-bond acceptors (Lipinski definition) is 3. The molecule has 1 atom stereocenters. The molecular formula is C25H31N3O. The van der Waals surface area contributed by atoms with E-state index in [0.717, 1.165) is 38.9 Å². The number of nitrogens with zero attached hydrogens (tertiary/aromatic N) is 2. The summed E-state index contributed by atoms with van der Waals surface area (Å²) in [6.07, 6.45) is 11.5. The molecular weight excluding hydrogens is 358 g/mol. The van der Waals surface area contributed by atoms with Crippen molar-refractivity contribution in [1.82, 2.24) is 15.2 Å². The molecule has 1 unspecified atom stereocenters. The van der Waals surface area contributed by atoms with Gasteiger partial charge in [0.2, 0.25) is 5.91 Å². The lowest BCUT2D eigenvalue weighted by atomic mass is 9.73. The monoisotopic (exact) mass is 389 g/mol. The zero-order valence-electron chi connectivity index (χ0n) is 17.1. The van der Waals surface area contributed by atoms with Crippen molar-refractivity contribution in [3.63, 3.8) is 0 Å². The van der Waals surface area contributed by atoms with Crippen molar-refractivity contribution in [2.24, 2.45) is 0 Å². The first kappa shape index (κ1) is 18.8. The number of aromatic nitrogens is 1. The van der Waals surface area contributed by atoms with Gasteiger partial charge in [0.1, 0.15) is 0 Å². The predicted molar refractivity (Wildman–Crippen MR) is 115 cm³/mol. The minimum Gasteiger partial charge on any atom is -0.353 e. The molecule has 5 rings (SSSR count). The first-order chi connectivity index (χ1) is 14.2. The van der Waals surface area contributed by atoms with Gasteiger partial charge in [0.15, 0.2) is 0 Å². The molecule has 0 bridgehead atoms. The number of pyridine rings is 1. The summed E-state index contributed by atoms with van der Waals surface area (Å²) in [5, 5.41) is 3.25. The minimum absolute atomic E-state index is 0.252. The lowest BCUT2D eigenvalue weighted by molar-refractivity contribution is -0.122. The molecule has 1 saturated carbocycles. The molecule has 29 heavy (non-hydrogen) atoms. The topological polar surface area (TPSA) is 45.2 Å². The molecule has 0 radical (unpaired) electrons. The van der Waals surface area contributed by atoms with Gasteiger partial charge in [-0.15, -0.1) is 0 Å². The van der Waals surface area contributed by atoms with Crippen molar-refractivity contribution in [3.05, 3.63) is 65.5 Å². The number of nitrogens with one attached hydrogen (secondary N) is 1. The Morgan fingerprint density at radius 1 is 1.10 bits per heavy atom. The Labute approximate surface area is 173 Å². The van der Waals surface area contributed by atoms with Crippen molar-refractivity contribution in [3.8, 4) is 0 Å². The molecule has 1 aromatic heterocycles. The first-order valence-corrected chi connectivity index (χ1v) is 11.2. The van der Waals surface area contributed by atoms with E-state index in [1.54, 1.807) is 0 Å². The van der Waals surface area contributed by atoms with E-state index in [-0.39, 0.29) is 11.3 Å². The summed E-state index contributed by atoms with van der Waals surface area (Å²) < 4.78 is 0. The van der Waals surface area contributed by atoms with Crippen LogP contribution in [-0.2, 0) is 16.8 Å². The van der Waals surface area contributed by atoms with E-state index >= 15 is 0 Å². The molecule has 4 heteroatoms. The third kappa shape index (κ3) is 3.83. The van der Waals surface area contributed by atoms with E-state index in [1.807, 2.05) is 12.4 Å². The number of benzene rings is 1. The van der Waals surface area contributed by atoms with Crippen molar-refractivity contribution >= 4 is 5.91 Å². The number of amides is 1. The highest BCUT2D eigenvalue weighted by Crippen LogP contribution is 2.52. The molecule has 3 aliphatic rings. The molecule has 2 aliphatic carbocycles. The van der Waals surface area contributed by atoms with Crippen LogP contribution in [0.3, 0.4) is 0 Å². The molecule has 152 valence electrons. The summed E-state index contributed by atoms with van der Waals surface area (Å²) in [4.78, 5) is 19.3. The summed E-state index contributed by atoms with van der Waals surface area (Å²) in [7, 11) is 0. The van der Waals surface area contributed by atoms with Gasteiger partial charge in [0, 0.05) is 31.4 Å². The van der Waals surface area contributed by atoms with Crippen LogP contribution in [0.4, 0.5) is 0 Å².